The number of nitrogens with two attached hydrogens (primary N) is 1. The largest absolute Gasteiger partial charge is 0.511 e. The second kappa shape index (κ2) is 30.0. The number of aromatic nitrogens is 6. The van der Waals surface area contributed by atoms with E-state index in [9.17, 15) is 27.6 Å². The van der Waals surface area contributed by atoms with Crippen LogP contribution < -0.4 is 15.8 Å². The van der Waals surface area contributed by atoms with Crippen LogP contribution >= 0.6 is 11.6 Å². The minimum absolute atomic E-state index is 0.0741. The third-order valence-corrected chi connectivity index (χ3v) is 14.2. The molecular formula is C59H65ClN8O14S. The quantitative estimate of drug-likeness (QED) is 0.0193. The molecule has 0 bridgehead atoms. The van der Waals surface area contributed by atoms with Crippen LogP contribution in [0.5, 0.6) is 6.01 Å². The van der Waals surface area contributed by atoms with Crippen LogP contribution in [0.3, 0.4) is 0 Å². The molecule has 2 aromatic heterocycles. The van der Waals surface area contributed by atoms with Crippen molar-refractivity contribution in [2.75, 3.05) is 40.1 Å². The predicted molar refractivity (Wildman–Crippen MR) is 306 cm³/mol. The van der Waals surface area contributed by atoms with E-state index in [2.05, 4.69) is 30.9 Å². The van der Waals surface area contributed by atoms with E-state index < -0.39 is 46.4 Å². The predicted octanol–water partition coefficient (Wildman–Crippen LogP) is 9.52. The first-order chi connectivity index (χ1) is 40.1. The number of hydrogen-bond donors (Lipinski definition) is 4. The molecule has 3 heterocycles. The average Bonchev–Trinajstić information content (AvgIpc) is 3.50. The molecular weight excluding hydrogens is 1110 g/mol. The lowest BCUT2D eigenvalue weighted by molar-refractivity contribution is -0.139. The molecule has 5 N–H and O–H groups in total. The zero-order chi connectivity index (χ0) is 59.5. The highest BCUT2D eigenvalue weighted by Crippen LogP contribution is 2.42. The molecule has 83 heavy (non-hydrogen) atoms. The van der Waals surface area contributed by atoms with Crippen molar-refractivity contribution in [3.63, 3.8) is 0 Å². The van der Waals surface area contributed by atoms with Crippen LogP contribution in [-0.2, 0) is 54.7 Å². The fourth-order valence-corrected chi connectivity index (χ4v) is 10.1. The highest BCUT2D eigenvalue weighted by molar-refractivity contribution is 7.85. The van der Waals surface area contributed by atoms with Crippen molar-refractivity contribution in [3.8, 4) is 28.5 Å². The summed E-state index contributed by atoms with van der Waals surface area (Å²) in [6.07, 6.45) is 2.65. The second-order valence-corrected chi connectivity index (χ2v) is 20.5. The minimum Gasteiger partial charge on any atom is -0.466 e. The Morgan fingerprint density at radius 2 is 1.52 bits per heavy atom. The lowest BCUT2D eigenvalue weighted by Crippen LogP contribution is -2.35. The van der Waals surface area contributed by atoms with Gasteiger partial charge in [0.15, 0.2) is 0 Å². The average molecular weight is 1180 g/mol. The van der Waals surface area contributed by atoms with Crippen molar-refractivity contribution >= 4 is 56.8 Å². The number of imidazole rings is 1. The van der Waals surface area contributed by atoms with E-state index in [1.807, 2.05) is 66.1 Å². The Balaban J connectivity index is 0.000000220. The number of allylic oxidation sites excluding steroid dienone is 1. The Hall–Kier alpha value is -8.48. The summed E-state index contributed by atoms with van der Waals surface area (Å²) in [4.78, 5) is 55.7. The molecule has 0 spiro atoms. The van der Waals surface area contributed by atoms with Gasteiger partial charge in [0.25, 0.3) is 16.1 Å². The van der Waals surface area contributed by atoms with E-state index >= 15 is 0 Å². The lowest BCUT2D eigenvalue weighted by Gasteiger charge is -2.31. The Morgan fingerprint density at radius 3 is 2.16 bits per heavy atom. The maximum absolute atomic E-state index is 13.4. The van der Waals surface area contributed by atoms with Crippen LogP contribution in [0.15, 0.2) is 149 Å². The number of nitrogens with one attached hydrogen (secondary N) is 2. The first kappa shape index (κ1) is 62.1. The van der Waals surface area contributed by atoms with Gasteiger partial charge in [0.2, 0.25) is 12.1 Å². The topological polar surface area (TPSA) is 298 Å². The Bertz CT molecular complexity index is 3520. The number of aromatic amines is 1. The number of dihydropyridines is 1. The van der Waals surface area contributed by atoms with E-state index in [0.717, 1.165) is 54.4 Å². The molecule has 2 unspecified atom stereocenters. The van der Waals surface area contributed by atoms with Gasteiger partial charge < -0.3 is 44.2 Å². The molecule has 22 nitrogen and oxygen atoms in total. The third kappa shape index (κ3) is 16.4. The number of rotatable bonds is 19. The number of halogens is 1. The first-order valence-electron chi connectivity index (χ1n) is 26.7. The molecule has 2 atom stereocenters. The van der Waals surface area contributed by atoms with Crippen molar-refractivity contribution in [2.24, 2.45) is 5.73 Å². The molecule has 1 aliphatic heterocycles. The summed E-state index contributed by atoms with van der Waals surface area (Å²) in [7, 11) is -2.71. The summed E-state index contributed by atoms with van der Waals surface area (Å²) in [6.45, 7) is 8.55. The van der Waals surface area contributed by atoms with Gasteiger partial charge in [0.1, 0.15) is 6.10 Å². The highest BCUT2D eigenvalue weighted by Gasteiger charge is 2.40. The number of carbonyl (C=O) groups excluding carboxylic acids is 4. The van der Waals surface area contributed by atoms with Crippen LogP contribution in [0.4, 0.5) is 4.79 Å². The molecule has 1 fully saturated rings. The second-order valence-electron chi connectivity index (χ2n) is 18.6. The van der Waals surface area contributed by atoms with Crippen LogP contribution in [0.1, 0.15) is 87.2 Å². The van der Waals surface area contributed by atoms with Gasteiger partial charge in [-0.25, -0.2) is 19.2 Å². The normalized spacial score (nSPS) is 14.7. The van der Waals surface area contributed by atoms with Crippen molar-refractivity contribution < 1.29 is 65.3 Å². The molecule has 438 valence electrons. The maximum Gasteiger partial charge on any atom is 0.511 e. The van der Waals surface area contributed by atoms with Gasteiger partial charge in [-0.3, -0.25) is 9.12 Å². The smallest absolute Gasteiger partial charge is 0.466 e. The molecule has 24 heteroatoms. The Morgan fingerprint density at radius 1 is 0.819 bits per heavy atom. The van der Waals surface area contributed by atoms with Crippen LogP contribution in [0.2, 0.25) is 5.02 Å². The zero-order valence-electron chi connectivity index (χ0n) is 46.4. The Kier molecular flexibility index (Phi) is 22.5. The number of ether oxygens (including phenoxy) is 7. The molecule has 2 aliphatic rings. The molecule has 0 radical (unpaired) electrons. The fourth-order valence-electron chi connectivity index (χ4n) is 9.32. The van der Waals surface area contributed by atoms with Gasteiger partial charge >= 0.3 is 24.1 Å². The molecule has 0 saturated heterocycles. The summed E-state index contributed by atoms with van der Waals surface area (Å²) in [5.41, 5.74) is 12.9. The molecule has 5 aromatic carbocycles. The van der Waals surface area contributed by atoms with Gasteiger partial charge in [-0.05, 0) is 104 Å². The number of H-pyrrole nitrogens is 1. The summed E-state index contributed by atoms with van der Waals surface area (Å²) in [5.74, 6) is -2.01. The molecule has 7 aromatic rings. The number of esters is 3. The van der Waals surface area contributed by atoms with Gasteiger partial charge in [-0.1, -0.05) is 109 Å². The van der Waals surface area contributed by atoms with E-state index in [1.54, 1.807) is 68.4 Å². The van der Waals surface area contributed by atoms with E-state index in [0.29, 0.717) is 76.7 Å². The highest BCUT2D eigenvalue weighted by atomic mass is 35.5. The van der Waals surface area contributed by atoms with E-state index in [4.69, 9.17) is 55.0 Å². The molecule has 9 rings (SSSR count). The van der Waals surface area contributed by atoms with Crippen LogP contribution in [0, 0.1) is 0 Å². The SMILES string of the molecule is CCOC(=O)C1=C(COCCN)NC(C)=C(C(=O)OC)C1c1ccccc1Cl.CCOc1nc2cccc(C(=O)OC(C)OC(=O)OC3CCCCC3)c2n1Cc1ccc(-c2ccccc2-c2nn[nH]n2)cc1.O=S(=O)(O)c1ccccc1. The van der Waals surface area contributed by atoms with Gasteiger partial charge in [-0.15, -0.1) is 10.2 Å². The molecule has 0 amide bonds. The van der Waals surface area contributed by atoms with Gasteiger partial charge in [0.05, 0.1) is 84.3 Å². The summed E-state index contributed by atoms with van der Waals surface area (Å²) in [6, 6.07) is 36.0. The number of fused-ring (bicyclic) bond motifs is 1. The molecule has 1 saturated carbocycles. The third-order valence-electron chi connectivity index (χ3n) is 13.0. The van der Waals surface area contributed by atoms with Gasteiger partial charge in [-0.2, -0.15) is 18.6 Å². The number of benzene rings is 5. The maximum atomic E-state index is 13.4. The van der Waals surface area contributed by atoms with E-state index in [-0.39, 0.29) is 35.3 Å². The summed E-state index contributed by atoms with van der Waals surface area (Å²) < 4.78 is 68.9. The van der Waals surface area contributed by atoms with Crippen molar-refractivity contribution in [2.45, 2.75) is 89.6 Å². The fraction of sp³-hybridized carbons (Fsp3) is 0.322. The number of nitrogens with zero attached hydrogens (tertiary/aromatic N) is 5. The number of methoxy groups -OCH3 is 1. The standard InChI is InChI=1S/C33H34N6O6.C20H25ClN2O5.C6H6O3S/c1-3-42-32-34-28-15-9-14-27(31(40)43-21(2)44-33(41)45-24-10-5-4-6-11-24)29(28)39(32)20-22-16-18-23(19-17-22)25-12-7-8-13-26(25)30-35-37-38-36-30;1-4-28-20(25)18-15(11-27-10-9-22)23-12(2)16(19(24)26-3)17(18)13-7-5-6-8-14(13)21;7-10(8,9)6-4-2-1-3-5-6/h7-9,12-19,21,24H,3-6,10-11,20H2,1-2H3,(H,35,36,37,38);5-8,17,23H,4,9-11,22H2,1-3H3;1-5H,(H,7,8,9). The van der Waals surface area contributed by atoms with Crippen molar-refractivity contribution in [1.82, 2.24) is 35.5 Å². The van der Waals surface area contributed by atoms with E-state index in [1.165, 1.54) is 26.2 Å². The van der Waals surface area contributed by atoms with Crippen LogP contribution in [-0.4, -0.2) is 120 Å². The number of para-hydroxylation sites is 1. The lowest BCUT2D eigenvalue weighted by atomic mass is 9.80. The minimum atomic E-state index is -4.00. The van der Waals surface area contributed by atoms with Crippen LogP contribution in [0.25, 0.3) is 33.5 Å². The molecule has 1 aliphatic carbocycles. The monoisotopic (exact) mass is 1180 g/mol. The first-order valence-corrected chi connectivity index (χ1v) is 28.5. The summed E-state index contributed by atoms with van der Waals surface area (Å²) in [5, 5.41) is 18.0. The van der Waals surface area contributed by atoms with Crippen molar-refractivity contribution in [3.05, 3.63) is 166 Å². The van der Waals surface area contributed by atoms with Gasteiger partial charge in [0, 0.05) is 29.8 Å². The Labute approximate surface area is 485 Å². The number of tetrazole rings is 1. The summed E-state index contributed by atoms with van der Waals surface area (Å²) >= 11 is 6.42. The zero-order valence-corrected chi connectivity index (χ0v) is 48.0. The number of carbonyl (C=O) groups is 4. The number of hydrogen-bond acceptors (Lipinski definition) is 19. The van der Waals surface area contributed by atoms with Crippen molar-refractivity contribution in [1.29, 1.82) is 0 Å².